The summed E-state index contributed by atoms with van der Waals surface area (Å²) in [5, 5.41) is 3.72. The molecule has 5 nitrogen and oxygen atoms in total. The summed E-state index contributed by atoms with van der Waals surface area (Å²) in [6.07, 6.45) is 0. The number of carbonyl (C=O) groups excluding carboxylic acids is 1. The molecule has 1 aromatic heterocycles. The van der Waals surface area contributed by atoms with Gasteiger partial charge in [-0.25, -0.2) is 0 Å². The second-order valence-corrected chi connectivity index (χ2v) is 7.58. The van der Waals surface area contributed by atoms with Crippen LogP contribution < -0.4 is 10.7 Å². The first kappa shape index (κ1) is 20.1. The molecule has 146 valence electrons. The molecule has 0 spiro atoms. The SMILES string of the molecule is Cc1ccc([C@@H](CNC(=O)c2cc(=O)c3cc(Cl)c(C)cc3o2)N(C)C)cc1. The normalized spacial score (nSPS) is 12.4. The molecule has 0 saturated carbocycles. The van der Waals surface area contributed by atoms with E-state index in [1.165, 1.54) is 11.6 Å². The van der Waals surface area contributed by atoms with Gasteiger partial charge in [0.25, 0.3) is 5.91 Å². The number of hydrogen-bond acceptors (Lipinski definition) is 4. The Bertz CT molecular complexity index is 1070. The van der Waals surface area contributed by atoms with Gasteiger partial charge in [-0.3, -0.25) is 9.59 Å². The smallest absolute Gasteiger partial charge is 0.287 e. The quantitative estimate of drug-likeness (QED) is 0.703. The minimum atomic E-state index is -0.425. The molecule has 2 aromatic carbocycles. The zero-order valence-corrected chi connectivity index (χ0v) is 17.1. The van der Waals surface area contributed by atoms with Crippen molar-refractivity contribution in [1.82, 2.24) is 10.2 Å². The summed E-state index contributed by atoms with van der Waals surface area (Å²) >= 11 is 6.08. The maximum atomic E-state index is 12.6. The van der Waals surface area contributed by atoms with Gasteiger partial charge >= 0.3 is 0 Å². The third-order valence-electron chi connectivity index (χ3n) is 4.77. The van der Waals surface area contributed by atoms with Crippen LogP contribution in [0.2, 0.25) is 5.02 Å². The van der Waals surface area contributed by atoms with Crippen molar-refractivity contribution in [2.24, 2.45) is 0 Å². The largest absolute Gasteiger partial charge is 0.451 e. The molecule has 0 saturated heterocycles. The monoisotopic (exact) mass is 398 g/mol. The van der Waals surface area contributed by atoms with Gasteiger partial charge in [-0.2, -0.15) is 0 Å². The number of benzene rings is 2. The van der Waals surface area contributed by atoms with Gasteiger partial charge in [0.15, 0.2) is 11.2 Å². The van der Waals surface area contributed by atoms with E-state index in [0.29, 0.717) is 22.5 Å². The number of likely N-dealkylation sites (N-methyl/N-ethyl adjacent to an activating group) is 1. The molecule has 0 aliphatic carbocycles. The lowest BCUT2D eigenvalue weighted by atomic mass is 10.0. The fourth-order valence-corrected chi connectivity index (χ4v) is 3.22. The minimum absolute atomic E-state index is 0.00206. The molecule has 0 fully saturated rings. The summed E-state index contributed by atoms with van der Waals surface area (Å²) in [5.74, 6) is -0.439. The molecular weight excluding hydrogens is 376 g/mol. The lowest BCUT2D eigenvalue weighted by Gasteiger charge is -2.25. The van der Waals surface area contributed by atoms with E-state index in [-0.39, 0.29) is 17.2 Å². The summed E-state index contributed by atoms with van der Waals surface area (Å²) < 4.78 is 5.67. The van der Waals surface area contributed by atoms with Crippen molar-refractivity contribution in [3.05, 3.63) is 80.2 Å². The van der Waals surface area contributed by atoms with Crippen molar-refractivity contribution in [3.63, 3.8) is 0 Å². The van der Waals surface area contributed by atoms with Crippen LogP contribution in [0.4, 0.5) is 0 Å². The van der Waals surface area contributed by atoms with Crippen molar-refractivity contribution in [2.75, 3.05) is 20.6 Å². The molecule has 3 aromatic rings. The predicted octanol–water partition coefficient (Wildman–Crippen LogP) is 4.10. The summed E-state index contributed by atoms with van der Waals surface area (Å²) in [6.45, 7) is 4.24. The Kier molecular flexibility index (Phi) is 5.87. The number of hydrogen-bond donors (Lipinski definition) is 1. The Morgan fingerprint density at radius 1 is 1.14 bits per heavy atom. The molecule has 1 heterocycles. The van der Waals surface area contributed by atoms with E-state index >= 15 is 0 Å². The number of rotatable bonds is 5. The van der Waals surface area contributed by atoms with Crippen LogP contribution in [0.15, 0.2) is 51.7 Å². The number of nitrogens with one attached hydrogen (secondary N) is 1. The number of halogens is 1. The molecule has 0 unspecified atom stereocenters. The Morgan fingerprint density at radius 2 is 1.82 bits per heavy atom. The Balaban J connectivity index is 1.83. The van der Waals surface area contributed by atoms with E-state index < -0.39 is 5.91 Å². The second-order valence-electron chi connectivity index (χ2n) is 7.17. The fraction of sp³-hybridized carbons (Fsp3) is 0.273. The van der Waals surface area contributed by atoms with E-state index in [4.69, 9.17) is 16.0 Å². The van der Waals surface area contributed by atoms with Gasteiger partial charge in [-0.1, -0.05) is 41.4 Å². The molecule has 0 aliphatic heterocycles. The average molecular weight is 399 g/mol. The average Bonchev–Trinajstić information content (AvgIpc) is 2.64. The lowest BCUT2D eigenvalue weighted by Crippen LogP contribution is -2.34. The van der Waals surface area contributed by atoms with E-state index in [0.717, 1.165) is 11.1 Å². The van der Waals surface area contributed by atoms with Crippen LogP contribution in [-0.2, 0) is 0 Å². The van der Waals surface area contributed by atoms with Crippen LogP contribution in [0.25, 0.3) is 11.0 Å². The van der Waals surface area contributed by atoms with Gasteiger partial charge in [-0.15, -0.1) is 0 Å². The summed E-state index contributed by atoms with van der Waals surface area (Å²) in [6, 6.07) is 12.6. The molecular formula is C22H23ClN2O3. The van der Waals surface area contributed by atoms with Crippen molar-refractivity contribution in [3.8, 4) is 0 Å². The highest BCUT2D eigenvalue weighted by Crippen LogP contribution is 2.22. The number of nitrogens with zero attached hydrogens (tertiary/aromatic N) is 1. The molecule has 0 aliphatic rings. The van der Waals surface area contributed by atoms with Gasteiger partial charge in [0.2, 0.25) is 0 Å². The summed E-state index contributed by atoms with van der Waals surface area (Å²) in [4.78, 5) is 27.0. The van der Waals surface area contributed by atoms with E-state index in [1.807, 2.05) is 45.0 Å². The number of carbonyl (C=O) groups is 1. The van der Waals surface area contributed by atoms with Crippen molar-refractivity contribution in [1.29, 1.82) is 0 Å². The molecule has 1 atom stereocenters. The molecule has 6 heteroatoms. The second kappa shape index (κ2) is 8.17. The summed E-state index contributed by atoms with van der Waals surface area (Å²) in [7, 11) is 3.92. The molecule has 0 bridgehead atoms. The molecule has 28 heavy (non-hydrogen) atoms. The predicted molar refractivity (Wildman–Crippen MR) is 112 cm³/mol. The van der Waals surface area contributed by atoms with Crippen LogP contribution in [0.3, 0.4) is 0 Å². The van der Waals surface area contributed by atoms with Crippen molar-refractivity contribution < 1.29 is 9.21 Å². The highest BCUT2D eigenvalue weighted by Gasteiger charge is 2.18. The Labute approximate surface area is 168 Å². The van der Waals surface area contributed by atoms with Crippen molar-refractivity contribution in [2.45, 2.75) is 19.9 Å². The Morgan fingerprint density at radius 3 is 2.46 bits per heavy atom. The molecule has 3 rings (SSSR count). The zero-order chi connectivity index (χ0) is 20.4. The molecule has 0 radical (unpaired) electrons. The first-order valence-corrected chi connectivity index (χ1v) is 9.39. The summed E-state index contributed by atoms with van der Waals surface area (Å²) in [5.41, 5.74) is 3.11. The van der Waals surface area contributed by atoms with E-state index in [9.17, 15) is 9.59 Å². The van der Waals surface area contributed by atoms with Gasteiger partial charge in [0.05, 0.1) is 11.4 Å². The van der Waals surface area contributed by atoms with Crippen LogP contribution in [0.1, 0.15) is 33.3 Å². The Hall–Kier alpha value is -2.63. The maximum Gasteiger partial charge on any atom is 0.287 e. The lowest BCUT2D eigenvalue weighted by molar-refractivity contribution is 0.0914. The van der Waals surface area contributed by atoms with E-state index in [2.05, 4.69) is 17.4 Å². The zero-order valence-electron chi connectivity index (χ0n) is 16.4. The maximum absolute atomic E-state index is 12.6. The number of aryl methyl sites for hydroxylation is 2. The number of amides is 1. The van der Waals surface area contributed by atoms with Gasteiger partial charge in [-0.05, 0) is 51.2 Å². The van der Waals surface area contributed by atoms with Gasteiger partial charge in [0.1, 0.15) is 5.58 Å². The minimum Gasteiger partial charge on any atom is -0.451 e. The van der Waals surface area contributed by atoms with Crippen LogP contribution in [-0.4, -0.2) is 31.4 Å². The van der Waals surface area contributed by atoms with Gasteiger partial charge in [0, 0.05) is 17.6 Å². The van der Waals surface area contributed by atoms with Crippen LogP contribution in [0.5, 0.6) is 0 Å². The van der Waals surface area contributed by atoms with E-state index in [1.54, 1.807) is 12.1 Å². The van der Waals surface area contributed by atoms with Crippen molar-refractivity contribution >= 4 is 28.5 Å². The third-order valence-corrected chi connectivity index (χ3v) is 5.18. The van der Waals surface area contributed by atoms with Gasteiger partial charge < -0.3 is 14.6 Å². The highest BCUT2D eigenvalue weighted by molar-refractivity contribution is 6.32. The topological polar surface area (TPSA) is 62.6 Å². The first-order valence-electron chi connectivity index (χ1n) is 9.01. The fourth-order valence-electron chi connectivity index (χ4n) is 3.05. The van der Waals surface area contributed by atoms with Crippen LogP contribution in [0, 0.1) is 13.8 Å². The third kappa shape index (κ3) is 4.26. The first-order chi connectivity index (χ1) is 13.3. The number of fused-ring (bicyclic) bond motifs is 1. The molecule has 1 N–H and O–H groups in total. The van der Waals surface area contributed by atoms with Crippen LogP contribution >= 0.6 is 11.6 Å². The standard InChI is InChI=1S/C22H23ClN2O3/c1-13-5-7-15(8-6-13)18(25(3)4)12-24-22(27)21-11-19(26)16-10-17(23)14(2)9-20(16)28-21/h5-11,18H,12H2,1-4H3,(H,24,27)/t18-/m1/s1. The molecule has 1 amide bonds. The highest BCUT2D eigenvalue weighted by atomic mass is 35.5.